The number of ether oxygens (including phenoxy) is 2. The second-order valence-corrected chi connectivity index (χ2v) is 9.63. The molecule has 0 amide bonds. The third-order valence-corrected chi connectivity index (χ3v) is 6.91. The molecule has 2 aliphatic rings. The van der Waals surface area contributed by atoms with Gasteiger partial charge in [-0.05, 0) is 60.6 Å². The Hall–Kier alpha value is -3.04. The van der Waals surface area contributed by atoms with Gasteiger partial charge in [-0.15, -0.1) is 8.78 Å². The normalized spacial score (nSPS) is 23.4. The smallest absolute Gasteiger partial charge is 0.395 e. The molecule has 1 unspecified atom stereocenters. The highest BCUT2D eigenvalue weighted by Crippen LogP contribution is 2.52. The van der Waals surface area contributed by atoms with Gasteiger partial charge >= 0.3 is 6.29 Å². The van der Waals surface area contributed by atoms with Gasteiger partial charge in [-0.2, -0.15) is 0 Å². The van der Waals surface area contributed by atoms with Gasteiger partial charge in [-0.3, -0.25) is 4.79 Å². The van der Waals surface area contributed by atoms with Crippen molar-refractivity contribution >= 4 is 16.7 Å². The van der Waals surface area contributed by atoms with Crippen LogP contribution in [0.25, 0.3) is 10.9 Å². The summed E-state index contributed by atoms with van der Waals surface area (Å²) in [4.78, 5) is 13.8. The number of fused-ring (bicyclic) bond motifs is 2. The number of carbonyl (C=O) groups excluding carboxylic acids is 1. The van der Waals surface area contributed by atoms with E-state index in [2.05, 4.69) is 9.47 Å². The Labute approximate surface area is 225 Å². The maximum Gasteiger partial charge on any atom is 0.586 e. The highest BCUT2D eigenvalue weighted by molar-refractivity contribution is 5.95. The van der Waals surface area contributed by atoms with Crippen LogP contribution in [0.2, 0.25) is 0 Å². The molecule has 1 aromatic heterocycles. The molecule has 2 N–H and O–H groups in total. The van der Waals surface area contributed by atoms with Crippen molar-refractivity contribution < 1.29 is 50.0 Å². The van der Waals surface area contributed by atoms with Crippen LogP contribution < -0.4 is 9.47 Å². The van der Waals surface area contributed by atoms with Crippen LogP contribution in [0.5, 0.6) is 11.5 Å². The lowest BCUT2D eigenvalue weighted by Crippen LogP contribution is -2.26. The molecule has 5 rings (SSSR count). The van der Waals surface area contributed by atoms with Gasteiger partial charge in [-0.25, -0.2) is 4.39 Å². The average molecular weight is 527 g/mol. The SMILES string of the molecule is [2H]c1c([2H])c(C2(C(=O)Cc3c(F)c([2H])c4c(c3[2H])c([2H])c(C(C)(CC)C([2H])([2H])[2H])n4C[C@@H](O)CO)CC2)c([2H])c2c1OC(F)(F)O2. The van der Waals surface area contributed by atoms with E-state index in [4.69, 9.17) is 12.3 Å². The molecule has 198 valence electrons. The lowest BCUT2D eigenvalue weighted by atomic mass is 9.86. The molecular formula is C28H30F3NO5. The van der Waals surface area contributed by atoms with Crippen LogP contribution in [0.15, 0.2) is 36.3 Å². The number of aromatic nitrogens is 1. The Morgan fingerprint density at radius 2 is 1.97 bits per heavy atom. The lowest BCUT2D eigenvalue weighted by Gasteiger charge is -2.26. The fourth-order valence-corrected chi connectivity index (χ4v) is 4.42. The summed E-state index contributed by atoms with van der Waals surface area (Å²) in [7, 11) is 0. The van der Waals surface area contributed by atoms with E-state index >= 15 is 4.39 Å². The lowest BCUT2D eigenvalue weighted by molar-refractivity contribution is -0.286. The third kappa shape index (κ3) is 4.48. The van der Waals surface area contributed by atoms with E-state index in [1.165, 1.54) is 6.92 Å². The zero-order valence-corrected chi connectivity index (χ0v) is 20.0. The molecule has 0 saturated heterocycles. The third-order valence-electron chi connectivity index (χ3n) is 6.91. The first-order valence-corrected chi connectivity index (χ1v) is 11.7. The number of aliphatic hydroxyl groups is 2. The fraction of sp³-hybridized carbons (Fsp3) is 0.464. The minimum Gasteiger partial charge on any atom is -0.395 e. The van der Waals surface area contributed by atoms with Crippen molar-refractivity contribution in [2.45, 2.75) is 76.2 Å². The van der Waals surface area contributed by atoms with Gasteiger partial charge in [0.05, 0.1) is 38.4 Å². The van der Waals surface area contributed by atoms with E-state index in [0.717, 1.165) is 4.57 Å². The van der Waals surface area contributed by atoms with Gasteiger partial charge in [0.1, 0.15) is 11.6 Å². The zero-order valence-electron chi connectivity index (χ0n) is 29.0. The predicted octanol–water partition coefficient (Wildman–Crippen LogP) is 4.99. The Morgan fingerprint density at radius 1 is 1.24 bits per heavy atom. The molecule has 1 saturated carbocycles. The Kier molecular flexibility index (Phi) is 3.97. The molecule has 0 radical (unpaired) electrons. The monoisotopic (exact) mass is 526 g/mol. The van der Waals surface area contributed by atoms with Crippen LogP contribution in [-0.2, 0) is 28.6 Å². The van der Waals surface area contributed by atoms with Crippen molar-refractivity contribution in [1.29, 1.82) is 0 Å². The molecule has 2 heterocycles. The zero-order chi connectivity index (χ0) is 34.5. The van der Waals surface area contributed by atoms with Crippen LogP contribution in [0.4, 0.5) is 13.2 Å². The number of halogens is 3. The van der Waals surface area contributed by atoms with Crippen molar-refractivity contribution in [1.82, 2.24) is 4.57 Å². The Balaban J connectivity index is 1.68. The number of rotatable bonds is 9. The number of hydrogen-bond acceptors (Lipinski definition) is 5. The van der Waals surface area contributed by atoms with Gasteiger partial charge < -0.3 is 24.3 Å². The van der Waals surface area contributed by atoms with Gasteiger partial charge in [0.15, 0.2) is 11.5 Å². The Bertz CT molecular complexity index is 1790. The molecule has 2 atom stereocenters. The molecule has 3 aromatic rings. The summed E-state index contributed by atoms with van der Waals surface area (Å²) in [6.07, 6.45) is -6.65. The van der Waals surface area contributed by atoms with Gasteiger partial charge in [-0.1, -0.05) is 26.7 Å². The quantitative estimate of drug-likeness (QED) is 0.411. The Morgan fingerprint density at radius 3 is 2.62 bits per heavy atom. The summed E-state index contributed by atoms with van der Waals surface area (Å²) in [6, 6.07) is -4.49. The number of aliphatic hydroxyl groups excluding tert-OH is 2. The molecule has 1 aliphatic heterocycles. The van der Waals surface area contributed by atoms with E-state index in [9.17, 15) is 23.8 Å². The second kappa shape index (κ2) is 8.77. The molecule has 1 aliphatic carbocycles. The topological polar surface area (TPSA) is 80.9 Å². The van der Waals surface area contributed by atoms with Gasteiger partial charge in [0.25, 0.3) is 0 Å². The van der Waals surface area contributed by atoms with E-state index in [0.29, 0.717) is 0 Å². The number of ketones is 1. The summed E-state index contributed by atoms with van der Waals surface area (Å²) in [5.74, 6) is -3.84. The van der Waals surface area contributed by atoms with Crippen LogP contribution in [0, 0.1) is 5.82 Å². The molecule has 1 fully saturated rings. The van der Waals surface area contributed by atoms with Crippen molar-refractivity contribution in [3.63, 3.8) is 0 Å². The minimum absolute atomic E-state index is 0.000698. The van der Waals surface area contributed by atoms with E-state index in [-0.39, 0.29) is 35.9 Å². The first-order valence-electron chi connectivity index (χ1n) is 16.2. The predicted molar refractivity (Wildman–Crippen MR) is 131 cm³/mol. The number of carbonyl (C=O) groups is 1. The summed E-state index contributed by atoms with van der Waals surface area (Å²) in [5.41, 5.74) is -5.10. The van der Waals surface area contributed by atoms with Crippen molar-refractivity contribution in [2.24, 2.45) is 0 Å². The van der Waals surface area contributed by atoms with Crippen LogP contribution in [0.1, 0.15) is 69.1 Å². The van der Waals surface area contributed by atoms with E-state index in [1.54, 1.807) is 6.92 Å². The highest BCUT2D eigenvalue weighted by atomic mass is 19.3. The number of Topliss-reactive ketones (excluding diaryl/α,β-unsaturated/α-hetero) is 1. The number of nitrogens with zero attached hydrogens (tertiary/aromatic N) is 1. The van der Waals surface area contributed by atoms with Crippen molar-refractivity contribution in [3.8, 4) is 11.5 Å². The van der Waals surface area contributed by atoms with E-state index < -0.39 is 120 Å². The van der Waals surface area contributed by atoms with Gasteiger partial charge in [0, 0.05) is 27.0 Å². The van der Waals surface area contributed by atoms with Crippen molar-refractivity contribution in [3.05, 3.63) is 58.9 Å². The number of alkyl halides is 2. The summed E-state index contributed by atoms with van der Waals surface area (Å²) >= 11 is 0. The highest BCUT2D eigenvalue weighted by Gasteiger charge is 2.52. The first kappa shape index (κ1) is 16.7. The fourth-order valence-electron chi connectivity index (χ4n) is 4.42. The standard InChI is InChI=1S/C28H30F3NO5/c1-4-26(2,3)24-10-17-9-16(20(29)13-21(17)32(24)14-19(34)15-33)11-25(35)27(7-8-27)18-5-6-22-23(12-18)37-28(30,31)36-22/h5-6,9-10,12-13,19,33-34H,4,7-8,11,14-15H2,1-3H3/t19-/m1/s1/i2D3,5D,6D,9D,10D,12D,13D/t19-,26?. The van der Waals surface area contributed by atoms with E-state index in [1.807, 2.05) is 0 Å². The number of benzene rings is 2. The molecule has 6 nitrogen and oxygen atoms in total. The number of hydrogen-bond donors (Lipinski definition) is 2. The summed E-state index contributed by atoms with van der Waals surface area (Å²) in [5, 5.41) is 19.4. The molecule has 37 heavy (non-hydrogen) atoms. The molecule has 0 bridgehead atoms. The maximum atomic E-state index is 16.0. The largest absolute Gasteiger partial charge is 0.586 e. The van der Waals surface area contributed by atoms with Crippen LogP contribution in [0.3, 0.4) is 0 Å². The van der Waals surface area contributed by atoms with Gasteiger partial charge in [0.2, 0.25) is 0 Å². The molecule has 2 aromatic carbocycles. The first-order chi connectivity index (χ1) is 21.2. The second-order valence-electron chi connectivity index (χ2n) is 9.63. The average Bonchev–Trinajstić information content (AvgIpc) is 3.62. The summed E-state index contributed by atoms with van der Waals surface area (Å²) < 4.78 is 129. The molecule has 0 spiro atoms. The van der Waals surface area contributed by atoms with Crippen LogP contribution in [-0.4, -0.2) is 39.6 Å². The van der Waals surface area contributed by atoms with Crippen LogP contribution >= 0.6 is 0 Å². The summed E-state index contributed by atoms with van der Waals surface area (Å²) in [6.45, 7) is -1.18. The van der Waals surface area contributed by atoms with Crippen molar-refractivity contribution in [2.75, 3.05) is 6.61 Å². The maximum absolute atomic E-state index is 16.0. The molecular weight excluding hydrogens is 487 g/mol. The molecule has 9 heteroatoms. The minimum atomic E-state index is -4.20.